The number of aryl methyl sites for hydroxylation is 2. The van der Waals surface area contributed by atoms with Gasteiger partial charge in [0.25, 0.3) is 5.91 Å². The Morgan fingerprint density at radius 2 is 1.31 bits per heavy atom. The highest BCUT2D eigenvalue weighted by atomic mass is 32.2. The van der Waals surface area contributed by atoms with Crippen LogP contribution in [-0.2, 0) is 38.7 Å². The number of anilines is 1. The van der Waals surface area contributed by atoms with Gasteiger partial charge < -0.3 is 19.2 Å². The topological polar surface area (TPSA) is 148 Å². The quantitative estimate of drug-likeness (QED) is 0.262. The first-order valence-corrected chi connectivity index (χ1v) is 19.1. The lowest BCUT2D eigenvalue weighted by Crippen LogP contribution is -2.36. The fourth-order valence-electron chi connectivity index (χ4n) is 5.49. The van der Waals surface area contributed by atoms with Gasteiger partial charge in [-0.25, -0.2) is 40.2 Å². The van der Waals surface area contributed by atoms with Gasteiger partial charge in [0.2, 0.25) is 0 Å². The van der Waals surface area contributed by atoms with E-state index in [-0.39, 0.29) is 62.3 Å². The van der Waals surface area contributed by atoms with Gasteiger partial charge >= 0.3 is 5.97 Å². The number of aromatic nitrogens is 2. The molecule has 52 heavy (non-hydrogen) atoms. The van der Waals surface area contributed by atoms with E-state index in [1.54, 1.807) is 48.6 Å². The third kappa shape index (κ3) is 9.20. The molecule has 1 amide bonds. The Balaban J connectivity index is 0.000000356. The van der Waals surface area contributed by atoms with Gasteiger partial charge in [-0.3, -0.25) is 4.79 Å². The summed E-state index contributed by atoms with van der Waals surface area (Å²) in [5.74, 6) is -2.58. The smallest absolute Gasteiger partial charge is 0.355 e. The van der Waals surface area contributed by atoms with E-state index in [1.807, 2.05) is 45.9 Å². The maximum atomic E-state index is 13.4. The van der Waals surface area contributed by atoms with E-state index in [9.17, 15) is 26.8 Å². The van der Waals surface area contributed by atoms with Crippen LogP contribution in [0.1, 0.15) is 66.7 Å². The number of fused-ring (bicyclic) bond motifs is 2. The van der Waals surface area contributed by atoms with Crippen LogP contribution in [0.2, 0.25) is 0 Å². The molecule has 12 nitrogen and oxygen atoms in total. The van der Waals surface area contributed by atoms with Crippen molar-refractivity contribution in [2.75, 3.05) is 26.0 Å². The summed E-state index contributed by atoms with van der Waals surface area (Å²) in [7, 11) is 0.665. The highest BCUT2D eigenvalue weighted by molar-refractivity contribution is 7.92. The van der Waals surface area contributed by atoms with Crippen LogP contribution in [0.4, 0.5) is 14.5 Å². The Morgan fingerprint density at radius 3 is 1.73 bits per heavy atom. The third-order valence-corrected chi connectivity index (χ3v) is 12.4. The number of carbonyl (C=O) groups excluding carboxylic acids is 2. The Bertz CT molecular complexity index is 2110. The minimum absolute atomic E-state index is 0. The van der Waals surface area contributed by atoms with Crippen LogP contribution in [0.25, 0.3) is 12.2 Å². The fraction of sp³-hybridized carbons (Fsp3) is 0.412. The number of ether oxygens (including phenoxy) is 1. The van der Waals surface area contributed by atoms with Gasteiger partial charge in [-0.1, -0.05) is 52.0 Å². The monoisotopic (exact) mass is 801 g/mol. The zero-order chi connectivity index (χ0) is 37.1. The molecule has 3 N–H and O–H groups in total. The molecule has 0 saturated carbocycles. The fourth-order valence-corrected chi connectivity index (χ4v) is 9.31. The molecule has 0 fully saturated rings. The summed E-state index contributed by atoms with van der Waals surface area (Å²) >= 11 is 0. The Morgan fingerprint density at radius 1 is 0.846 bits per heavy atom. The molecule has 0 aliphatic carbocycles. The van der Waals surface area contributed by atoms with Gasteiger partial charge in [0.1, 0.15) is 31.2 Å². The predicted molar refractivity (Wildman–Crippen MR) is 213 cm³/mol. The second kappa shape index (κ2) is 18.1. The minimum Gasteiger partial charge on any atom is -0.461 e. The van der Waals surface area contributed by atoms with Crippen molar-refractivity contribution in [1.29, 1.82) is 0 Å². The summed E-state index contributed by atoms with van der Waals surface area (Å²) in [6, 6.07) is 2.86. The maximum Gasteiger partial charge on any atom is 0.355 e. The Labute approximate surface area is 319 Å². The number of esters is 1. The van der Waals surface area contributed by atoms with Gasteiger partial charge in [0, 0.05) is 75.5 Å². The number of nitrogens with zero attached hydrogens (tertiary/aromatic N) is 4. The first-order valence-electron chi connectivity index (χ1n) is 16.0. The second-order valence-electron chi connectivity index (χ2n) is 12.4. The van der Waals surface area contributed by atoms with Crippen molar-refractivity contribution < 1.29 is 31.5 Å². The van der Waals surface area contributed by atoms with Crippen LogP contribution in [0.3, 0.4) is 0 Å². The van der Waals surface area contributed by atoms with Crippen molar-refractivity contribution >= 4 is 76.5 Å². The van der Waals surface area contributed by atoms with Gasteiger partial charge in [-0.15, -0.1) is 0 Å². The van der Waals surface area contributed by atoms with Crippen LogP contribution in [-0.4, -0.2) is 62.2 Å². The molecule has 0 saturated heterocycles. The Hall–Kier alpha value is -3.42. The number of hydrogen-bond donors (Lipinski definition) is 3. The van der Waals surface area contributed by atoms with Crippen LogP contribution in [0.5, 0.6) is 0 Å². The molecule has 0 spiro atoms. The largest absolute Gasteiger partial charge is 0.461 e. The van der Waals surface area contributed by atoms with Crippen molar-refractivity contribution in [2.45, 2.75) is 56.5 Å². The first kappa shape index (κ1) is 44.7. The summed E-state index contributed by atoms with van der Waals surface area (Å²) in [6.07, 6.45) is 10.7. The number of benzene rings is 1. The van der Waals surface area contributed by atoms with Crippen LogP contribution < -0.4 is 14.8 Å². The predicted octanol–water partition coefficient (Wildman–Crippen LogP) is 6.01. The molecule has 0 radical (unpaired) electrons. The number of amides is 1. The SMILES string of the molecule is CCOC(=O)c1c2c(cn1C)S(=O)(=NC)N[C@@H](C(C)C)C=C2.CN=S1(=O)N[C@@H](C(C)C)C=Cc2c1cn(C)c2C(=O)Nc1ccc(F)c(F)c1.S.S. The molecule has 2 unspecified atom stereocenters. The maximum absolute atomic E-state index is 13.4. The summed E-state index contributed by atoms with van der Waals surface area (Å²) in [4.78, 5) is 26.0. The first-order chi connectivity index (χ1) is 23.5. The van der Waals surface area contributed by atoms with Gasteiger partial charge in [0.15, 0.2) is 11.6 Å². The van der Waals surface area contributed by atoms with E-state index in [1.165, 1.54) is 20.2 Å². The number of nitrogens with one attached hydrogen (secondary N) is 3. The zero-order valence-electron chi connectivity index (χ0n) is 30.6. The van der Waals surface area contributed by atoms with Crippen LogP contribution >= 0.6 is 27.0 Å². The van der Waals surface area contributed by atoms with Crippen molar-refractivity contribution in [3.05, 3.63) is 76.9 Å². The molecule has 4 heterocycles. The van der Waals surface area contributed by atoms with Crippen molar-refractivity contribution in [3.63, 3.8) is 0 Å². The number of rotatable bonds is 6. The lowest BCUT2D eigenvalue weighted by atomic mass is 10.0. The molecule has 288 valence electrons. The molecule has 18 heteroatoms. The molecule has 1 aromatic carbocycles. The van der Waals surface area contributed by atoms with Crippen LogP contribution in [0, 0.1) is 23.5 Å². The van der Waals surface area contributed by atoms with E-state index in [2.05, 4.69) is 23.5 Å². The molecule has 2 aliphatic heterocycles. The normalized spacial score (nSPS) is 21.6. The summed E-state index contributed by atoms with van der Waals surface area (Å²) in [5, 5.41) is 2.56. The molecule has 2 aliphatic rings. The number of carbonyl (C=O) groups is 2. The second-order valence-corrected chi connectivity index (χ2v) is 16.6. The van der Waals surface area contributed by atoms with E-state index < -0.39 is 43.3 Å². The van der Waals surface area contributed by atoms with Crippen LogP contribution in [0.15, 0.2) is 61.3 Å². The third-order valence-electron chi connectivity index (χ3n) is 8.31. The number of halogens is 2. The molecule has 2 aromatic heterocycles. The highest BCUT2D eigenvalue weighted by Gasteiger charge is 2.31. The average molecular weight is 802 g/mol. The molecule has 4 atom stereocenters. The molecule has 3 aromatic rings. The molecule has 0 bridgehead atoms. The minimum atomic E-state index is -2.94. The summed E-state index contributed by atoms with van der Waals surface area (Å²) in [6.45, 7) is 10.1. The van der Waals surface area contributed by atoms with Gasteiger partial charge in [-0.05, 0) is 30.9 Å². The Kier molecular flexibility index (Phi) is 15.5. The van der Waals surface area contributed by atoms with Crippen molar-refractivity contribution in [1.82, 2.24) is 18.6 Å². The molecular formula is C34H49F2N7O5S4. The molecule has 5 rings (SSSR count). The van der Waals surface area contributed by atoms with Gasteiger partial charge in [0.05, 0.1) is 16.4 Å². The van der Waals surface area contributed by atoms with Crippen molar-refractivity contribution in [3.8, 4) is 0 Å². The number of hydrogen-bond acceptors (Lipinski definition) is 7. The van der Waals surface area contributed by atoms with E-state index in [4.69, 9.17) is 4.74 Å². The standard InChI is InChI=1S/C19H22F2N4O2S.C15H23N3O3S.2H2S/c1-11(2)16-8-6-13-17(28(27,22-3)24-16)10-25(4)18(13)19(26)23-12-5-7-14(20)15(21)9-12;1-6-21-15(19)14-11-7-8-12(10(2)3)17-22(20,16-4)13(11)9-18(14)5;;/h5-11,16H,1-4H3,(H,23,26)(H,22,24,27);7-10,12H,6H2,1-5H3,(H,16,17,20);2*1H2/t16-,28?;12-,22?;;/m11../s1. The summed E-state index contributed by atoms with van der Waals surface area (Å²) < 4.78 is 75.8. The average Bonchev–Trinajstić information content (AvgIpc) is 3.49. The lowest BCUT2D eigenvalue weighted by molar-refractivity contribution is 0.0515. The lowest BCUT2D eigenvalue weighted by Gasteiger charge is -2.19. The van der Waals surface area contributed by atoms with E-state index in [0.29, 0.717) is 33.2 Å². The van der Waals surface area contributed by atoms with E-state index >= 15 is 0 Å². The van der Waals surface area contributed by atoms with Gasteiger partial charge in [-0.2, -0.15) is 27.0 Å². The highest BCUT2D eigenvalue weighted by Crippen LogP contribution is 2.31. The molecular weight excluding hydrogens is 753 g/mol. The zero-order valence-corrected chi connectivity index (χ0v) is 34.2. The summed E-state index contributed by atoms with van der Waals surface area (Å²) in [5.41, 5.74) is 1.87. The van der Waals surface area contributed by atoms with E-state index in [0.717, 1.165) is 12.1 Å². The van der Waals surface area contributed by atoms with Crippen molar-refractivity contribution in [2.24, 2.45) is 34.7 Å².